The third-order valence-corrected chi connectivity index (χ3v) is 5.33. The minimum Gasteiger partial charge on any atom is -0.493 e. The second kappa shape index (κ2) is 8.14. The van der Waals surface area contributed by atoms with Crippen LogP contribution in [0.2, 0.25) is 0 Å². The summed E-state index contributed by atoms with van der Waals surface area (Å²) in [6.45, 7) is 0.671. The van der Waals surface area contributed by atoms with Crippen LogP contribution in [0.4, 0.5) is 0 Å². The molecule has 4 rings (SSSR count). The molecule has 8 nitrogen and oxygen atoms in total. The molecule has 0 radical (unpaired) electrons. The lowest BCUT2D eigenvalue weighted by molar-refractivity contribution is -0.127. The van der Waals surface area contributed by atoms with Crippen molar-refractivity contribution in [3.8, 4) is 17.2 Å². The first-order valence-corrected chi connectivity index (χ1v) is 9.76. The van der Waals surface area contributed by atoms with E-state index in [4.69, 9.17) is 18.7 Å². The van der Waals surface area contributed by atoms with Crippen LogP contribution in [0.1, 0.15) is 54.9 Å². The standard InChI is InChI=1S/C21H25N3O5/c1-26-16-11-13(12-17(27-2)19(16)28-3)6-9-18(25)24-10-4-5-15(24)21-22-20(23-29-21)14-7-8-14/h6,9,11-12,14-15H,4-5,7-8,10H2,1-3H3/b9-6+. The third kappa shape index (κ3) is 3.92. The molecular formula is C21H25N3O5. The molecule has 2 fully saturated rings. The van der Waals surface area contributed by atoms with Crippen molar-refractivity contribution >= 4 is 12.0 Å². The smallest absolute Gasteiger partial charge is 0.249 e. The minimum atomic E-state index is -0.160. The van der Waals surface area contributed by atoms with Crippen LogP contribution in [0.25, 0.3) is 6.08 Å². The molecule has 0 bridgehead atoms. The molecule has 1 unspecified atom stereocenters. The van der Waals surface area contributed by atoms with Crippen molar-refractivity contribution in [1.29, 1.82) is 0 Å². The number of hydrogen-bond donors (Lipinski definition) is 0. The fourth-order valence-corrected chi connectivity index (χ4v) is 3.64. The molecule has 2 aromatic rings. The number of amides is 1. The summed E-state index contributed by atoms with van der Waals surface area (Å²) in [4.78, 5) is 19.2. The highest BCUT2D eigenvalue weighted by molar-refractivity contribution is 5.92. The van der Waals surface area contributed by atoms with Crippen molar-refractivity contribution in [2.24, 2.45) is 0 Å². The second-order valence-electron chi connectivity index (χ2n) is 7.25. The zero-order chi connectivity index (χ0) is 20.4. The molecule has 0 spiro atoms. The largest absolute Gasteiger partial charge is 0.493 e. The molecule has 1 aromatic heterocycles. The zero-order valence-corrected chi connectivity index (χ0v) is 16.9. The predicted molar refractivity (Wildman–Crippen MR) is 105 cm³/mol. The number of rotatable bonds is 7. The summed E-state index contributed by atoms with van der Waals surface area (Å²) in [6, 6.07) is 3.44. The van der Waals surface area contributed by atoms with Gasteiger partial charge in [-0.25, -0.2) is 0 Å². The van der Waals surface area contributed by atoms with E-state index < -0.39 is 0 Å². The molecule has 1 saturated carbocycles. The molecule has 2 heterocycles. The van der Waals surface area contributed by atoms with E-state index in [1.807, 2.05) is 0 Å². The maximum absolute atomic E-state index is 12.8. The van der Waals surface area contributed by atoms with Crippen molar-refractivity contribution in [1.82, 2.24) is 15.0 Å². The minimum absolute atomic E-state index is 0.0903. The lowest BCUT2D eigenvalue weighted by Crippen LogP contribution is -2.29. The van der Waals surface area contributed by atoms with E-state index in [1.54, 1.807) is 50.5 Å². The van der Waals surface area contributed by atoms with Crippen LogP contribution in [-0.2, 0) is 4.79 Å². The first-order valence-electron chi connectivity index (χ1n) is 9.76. The molecule has 1 aliphatic carbocycles. The van der Waals surface area contributed by atoms with Gasteiger partial charge in [0, 0.05) is 18.5 Å². The number of likely N-dealkylation sites (tertiary alicyclic amines) is 1. The summed E-state index contributed by atoms with van der Waals surface area (Å²) in [5.41, 5.74) is 0.775. The Bertz CT molecular complexity index is 894. The van der Waals surface area contributed by atoms with Gasteiger partial charge in [0.05, 0.1) is 21.3 Å². The normalized spacial score (nSPS) is 19.0. The van der Waals surface area contributed by atoms with Gasteiger partial charge >= 0.3 is 0 Å². The molecular weight excluding hydrogens is 374 g/mol. The average molecular weight is 399 g/mol. The van der Waals surface area contributed by atoms with E-state index in [0.29, 0.717) is 35.6 Å². The molecule has 1 aromatic carbocycles. The van der Waals surface area contributed by atoms with Gasteiger partial charge in [-0.05, 0) is 49.5 Å². The van der Waals surface area contributed by atoms with Crippen LogP contribution in [0.3, 0.4) is 0 Å². The van der Waals surface area contributed by atoms with Gasteiger partial charge in [-0.2, -0.15) is 4.98 Å². The Morgan fingerprint density at radius 3 is 2.48 bits per heavy atom. The molecule has 1 aliphatic heterocycles. The van der Waals surface area contributed by atoms with Crippen molar-refractivity contribution in [3.05, 3.63) is 35.5 Å². The first kappa shape index (κ1) is 19.3. The van der Waals surface area contributed by atoms with Gasteiger partial charge in [0.2, 0.25) is 17.5 Å². The number of benzene rings is 1. The molecule has 29 heavy (non-hydrogen) atoms. The van der Waals surface area contributed by atoms with E-state index in [0.717, 1.165) is 37.1 Å². The van der Waals surface area contributed by atoms with Crippen molar-refractivity contribution in [2.45, 2.75) is 37.6 Å². The van der Waals surface area contributed by atoms with Crippen LogP contribution >= 0.6 is 0 Å². The second-order valence-corrected chi connectivity index (χ2v) is 7.25. The number of ether oxygens (including phenoxy) is 3. The van der Waals surface area contributed by atoms with Gasteiger partial charge in [-0.1, -0.05) is 5.16 Å². The van der Waals surface area contributed by atoms with Gasteiger partial charge in [0.25, 0.3) is 0 Å². The Morgan fingerprint density at radius 2 is 1.86 bits per heavy atom. The van der Waals surface area contributed by atoms with Crippen molar-refractivity contribution in [3.63, 3.8) is 0 Å². The fraction of sp³-hybridized carbons (Fsp3) is 0.476. The summed E-state index contributed by atoms with van der Waals surface area (Å²) in [6.07, 6.45) is 7.27. The number of aromatic nitrogens is 2. The van der Waals surface area contributed by atoms with Gasteiger partial charge < -0.3 is 23.6 Å². The Hall–Kier alpha value is -3.03. The van der Waals surface area contributed by atoms with Crippen LogP contribution in [0.5, 0.6) is 17.2 Å². The van der Waals surface area contributed by atoms with Gasteiger partial charge in [-0.15, -0.1) is 0 Å². The lowest BCUT2D eigenvalue weighted by atomic mass is 10.1. The Morgan fingerprint density at radius 1 is 1.14 bits per heavy atom. The fourth-order valence-electron chi connectivity index (χ4n) is 3.64. The monoisotopic (exact) mass is 399 g/mol. The molecule has 0 N–H and O–H groups in total. The van der Waals surface area contributed by atoms with Crippen molar-refractivity contribution in [2.75, 3.05) is 27.9 Å². The van der Waals surface area contributed by atoms with E-state index in [2.05, 4.69) is 10.1 Å². The highest BCUT2D eigenvalue weighted by Crippen LogP contribution is 2.40. The van der Waals surface area contributed by atoms with E-state index in [1.165, 1.54) is 0 Å². The Kier molecular flexibility index (Phi) is 5.42. The number of methoxy groups -OCH3 is 3. The summed E-state index contributed by atoms with van der Waals surface area (Å²) in [5.74, 6) is 3.24. The number of hydrogen-bond acceptors (Lipinski definition) is 7. The molecule has 2 aliphatic rings. The number of nitrogens with zero attached hydrogens (tertiary/aromatic N) is 3. The molecule has 154 valence electrons. The summed E-state index contributed by atoms with van der Waals surface area (Å²) >= 11 is 0. The SMILES string of the molecule is COc1cc(/C=C/C(=O)N2CCCC2c2nc(C3CC3)no2)cc(OC)c1OC. The first-order chi connectivity index (χ1) is 14.1. The topological polar surface area (TPSA) is 86.9 Å². The third-order valence-electron chi connectivity index (χ3n) is 5.33. The number of carbonyl (C=O) groups excluding carboxylic acids is 1. The molecule has 1 amide bonds. The van der Waals surface area contributed by atoms with Crippen LogP contribution < -0.4 is 14.2 Å². The Balaban J connectivity index is 1.51. The molecule has 1 saturated heterocycles. The lowest BCUT2D eigenvalue weighted by Gasteiger charge is -2.20. The van der Waals surface area contributed by atoms with Crippen LogP contribution in [-0.4, -0.2) is 48.8 Å². The maximum atomic E-state index is 12.8. The zero-order valence-electron chi connectivity index (χ0n) is 16.9. The van der Waals surface area contributed by atoms with Gasteiger partial charge in [-0.3, -0.25) is 4.79 Å². The van der Waals surface area contributed by atoms with E-state index in [9.17, 15) is 4.79 Å². The Labute approximate surface area is 169 Å². The van der Waals surface area contributed by atoms with Crippen LogP contribution in [0.15, 0.2) is 22.7 Å². The maximum Gasteiger partial charge on any atom is 0.249 e. The van der Waals surface area contributed by atoms with Crippen molar-refractivity contribution < 1.29 is 23.5 Å². The predicted octanol–water partition coefficient (Wildman–Crippen LogP) is 3.35. The van der Waals surface area contributed by atoms with Gasteiger partial charge in [0.1, 0.15) is 6.04 Å². The molecule has 8 heteroatoms. The van der Waals surface area contributed by atoms with E-state index in [-0.39, 0.29) is 11.9 Å². The quantitative estimate of drug-likeness (QED) is 0.660. The molecule has 1 atom stereocenters. The highest BCUT2D eigenvalue weighted by Gasteiger charge is 2.35. The van der Waals surface area contributed by atoms with Crippen LogP contribution in [0, 0.1) is 0 Å². The summed E-state index contributed by atoms with van der Waals surface area (Å²) < 4.78 is 21.5. The number of carbonyl (C=O) groups is 1. The summed E-state index contributed by atoms with van der Waals surface area (Å²) in [7, 11) is 4.68. The van der Waals surface area contributed by atoms with E-state index >= 15 is 0 Å². The summed E-state index contributed by atoms with van der Waals surface area (Å²) in [5, 5.41) is 4.08. The van der Waals surface area contributed by atoms with Gasteiger partial charge in [0.15, 0.2) is 17.3 Å². The average Bonchev–Trinajstić information content (AvgIpc) is 3.27. The highest BCUT2D eigenvalue weighted by atomic mass is 16.5.